The van der Waals surface area contributed by atoms with Crippen LogP contribution in [-0.4, -0.2) is 40.0 Å². The van der Waals surface area contributed by atoms with E-state index in [1.165, 1.54) is 6.07 Å². The summed E-state index contributed by atoms with van der Waals surface area (Å²) in [6, 6.07) is 13.8. The van der Waals surface area contributed by atoms with Gasteiger partial charge in [0, 0.05) is 31.2 Å². The number of amides is 1. The molecule has 1 fully saturated rings. The maximum absolute atomic E-state index is 13.7. The van der Waals surface area contributed by atoms with Gasteiger partial charge in [0.25, 0.3) is 0 Å². The molecule has 0 saturated carbocycles. The highest BCUT2D eigenvalue weighted by atomic mass is 32.2. The molecule has 9 heteroatoms. The van der Waals surface area contributed by atoms with Crippen molar-refractivity contribution in [2.75, 3.05) is 29.9 Å². The minimum absolute atomic E-state index is 0.0723. The average Bonchev–Trinajstić information content (AvgIpc) is 2.88. The zero-order valence-electron chi connectivity index (χ0n) is 21.3. The Kier molecular flexibility index (Phi) is 9.89. The van der Waals surface area contributed by atoms with Crippen LogP contribution in [0.3, 0.4) is 0 Å². The summed E-state index contributed by atoms with van der Waals surface area (Å²) in [5, 5.41) is 2.82. The molecular weight excluding hydrogens is 478 g/mol. The molecule has 0 bridgehead atoms. The van der Waals surface area contributed by atoms with Gasteiger partial charge in [-0.15, -0.1) is 0 Å². The van der Waals surface area contributed by atoms with Crippen LogP contribution in [0.25, 0.3) is 0 Å². The molecule has 0 radical (unpaired) electrons. The third kappa shape index (κ3) is 7.30. The number of unbranched alkanes of at least 4 members (excludes halogenated alkanes) is 1. The maximum Gasteiger partial charge on any atom is 0.310 e. The highest BCUT2D eigenvalue weighted by molar-refractivity contribution is 7.89. The maximum atomic E-state index is 13.7. The first-order chi connectivity index (χ1) is 17.2. The SMILES string of the molecule is CCCCC(=O)Nc1ccc(N2CCC[C@H](C(=O)OCC)C2)c(S(=O)(=O)N[C@@H](C)c2ccccc2)c1. The van der Waals surface area contributed by atoms with E-state index >= 15 is 0 Å². The monoisotopic (exact) mass is 515 g/mol. The Morgan fingerprint density at radius 3 is 2.58 bits per heavy atom. The van der Waals surface area contributed by atoms with Crippen molar-refractivity contribution in [1.82, 2.24) is 4.72 Å². The van der Waals surface area contributed by atoms with Gasteiger partial charge in [-0.3, -0.25) is 9.59 Å². The van der Waals surface area contributed by atoms with Crippen molar-refractivity contribution in [3.05, 3.63) is 54.1 Å². The minimum atomic E-state index is -3.97. The lowest BCUT2D eigenvalue weighted by Crippen LogP contribution is -2.40. The fourth-order valence-corrected chi connectivity index (χ4v) is 5.87. The summed E-state index contributed by atoms with van der Waals surface area (Å²) in [6.07, 6.45) is 3.47. The smallest absolute Gasteiger partial charge is 0.310 e. The summed E-state index contributed by atoms with van der Waals surface area (Å²) in [5.74, 6) is -0.736. The molecule has 2 aromatic rings. The quantitative estimate of drug-likeness (QED) is 0.423. The van der Waals surface area contributed by atoms with Crippen LogP contribution in [0.4, 0.5) is 11.4 Å². The number of piperidine rings is 1. The molecule has 1 amide bonds. The first kappa shape index (κ1) is 27.7. The normalized spacial score (nSPS) is 16.9. The predicted octanol–water partition coefficient (Wildman–Crippen LogP) is 4.63. The topological polar surface area (TPSA) is 105 Å². The van der Waals surface area contributed by atoms with Crippen molar-refractivity contribution < 1.29 is 22.7 Å². The highest BCUT2D eigenvalue weighted by Gasteiger charge is 2.31. The second-order valence-corrected chi connectivity index (χ2v) is 10.8. The Labute approximate surface area is 214 Å². The molecule has 1 saturated heterocycles. The van der Waals surface area contributed by atoms with E-state index < -0.39 is 16.1 Å². The number of nitrogens with one attached hydrogen (secondary N) is 2. The lowest BCUT2D eigenvalue weighted by molar-refractivity contribution is -0.148. The fraction of sp³-hybridized carbons (Fsp3) is 0.481. The molecule has 1 aliphatic heterocycles. The number of sulfonamides is 1. The molecule has 1 heterocycles. The first-order valence-electron chi connectivity index (χ1n) is 12.7. The van der Waals surface area contributed by atoms with Crippen LogP contribution >= 0.6 is 0 Å². The molecule has 36 heavy (non-hydrogen) atoms. The van der Waals surface area contributed by atoms with Gasteiger partial charge in [0.05, 0.1) is 18.2 Å². The van der Waals surface area contributed by atoms with Gasteiger partial charge < -0.3 is 15.0 Å². The highest BCUT2D eigenvalue weighted by Crippen LogP contribution is 2.33. The number of esters is 1. The Bertz CT molecular complexity index is 1140. The van der Waals surface area contributed by atoms with E-state index in [2.05, 4.69) is 10.0 Å². The third-order valence-electron chi connectivity index (χ3n) is 6.30. The van der Waals surface area contributed by atoms with Crippen LogP contribution in [0.5, 0.6) is 0 Å². The van der Waals surface area contributed by atoms with Gasteiger partial charge in [-0.05, 0) is 56.9 Å². The van der Waals surface area contributed by atoms with Crippen molar-refractivity contribution in [3.63, 3.8) is 0 Å². The number of rotatable bonds is 11. The van der Waals surface area contributed by atoms with Crippen molar-refractivity contribution in [1.29, 1.82) is 0 Å². The summed E-state index contributed by atoms with van der Waals surface area (Å²) < 4.78 is 35.3. The van der Waals surface area contributed by atoms with Gasteiger partial charge in [-0.25, -0.2) is 13.1 Å². The van der Waals surface area contributed by atoms with E-state index in [-0.39, 0.29) is 22.7 Å². The molecule has 0 unspecified atom stereocenters. The Balaban J connectivity index is 1.94. The summed E-state index contributed by atoms with van der Waals surface area (Å²) in [5.41, 5.74) is 1.77. The van der Waals surface area contributed by atoms with E-state index in [1.807, 2.05) is 42.2 Å². The molecule has 2 aromatic carbocycles. The van der Waals surface area contributed by atoms with Gasteiger partial charge in [0.1, 0.15) is 4.90 Å². The van der Waals surface area contributed by atoms with Crippen molar-refractivity contribution in [3.8, 4) is 0 Å². The van der Waals surface area contributed by atoms with Crippen LogP contribution in [0.15, 0.2) is 53.4 Å². The fourth-order valence-electron chi connectivity index (χ4n) is 4.38. The lowest BCUT2D eigenvalue weighted by Gasteiger charge is -2.34. The van der Waals surface area contributed by atoms with E-state index in [1.54, 1.807) is 26.0 Å². The number of carbonyl (C=O) groups is 2. The second-order valence-electron chi connectivity index (χ2n) is 9.13. The molecule has 0 aromatic heterocycles. The predicted molar refractivity (Wildman–Crippen MR) is 141 cm³/mol. The van der Waals surface area contributed by atoms with Crippen molar-refractivity contribution in [2.45, 2.75) is 63.8 Å². The summed E-state index contributed by atoms with van der Waals surface area (Å²) in [7, 11) is -3.97. The molecule has 1 aliphatic rings. The van der Waals surface area contributed by atoms with E-state index in [0.29, 0.717) is 43.9 Å². The summed E-state index contributed by atoms with van der Waals surface area (Å²) in [6.45, 7) is 6.88. The summed E-state index contributed by atoms with van der Waals surface area (Å²) >= 11 is 0. The lowest BCUT2D eigenvalue weighted by atomic mass is 9.97. The van der Waals surface area contributed by atoms with Gasteiger partial charge in [0.15, 0.2) is 0 Å². The molecule has 8 nitrogen and oxygen atoms in total. The standard InChI is InChI=1S/C27H37N3O5S/c1-4-6-14-26(31)28-23-15-16-24(30-17-10-13-22(19-30)27(32)35-5-2)25(18-23)36(33,34)29-20(3)21-11-8-7-9-12-21/h7-9,11-12,15-16,18,20,22,29H,4-6,10,13-14,17,19H2,1-3H3,(H,28,31)/t20-,22-/m0/s1. The molecule has 196 valence electrons. The summed E-state index contributed by atoms with van der Waals surface area (Å²) in [4.78, 5) is 26.7. The van der Waals surface area contributed by atoms with Gasteiger partial charge in [-0.2, -0.15) is 0 Å². The Hall–Kier alpha value is -2.91. The number of hydrogen-bond donors (Lipinski definition) is 2. The third-order valence-corrected chi connectivity index (χ3v) is 7.87. The number of nitrogens with zero attached hydrogens (tertiary/aromatic N) is 1. The second kappa shape index (κ2) is 12.9. The largest absolute Gasteiger partial charge is 0.466 e. The molecule has 2 atom stereocenters. The number of benzene rings is 2. The first-order valence-corrected chi connectivity index (χ1v) is 14.2. The molecule has 2 N–H and O–H groups in total. The van der Waals surface area contributed by atoms with Gasteiger partial charge in [0.2, 0.25) is 15.9 Å². The van der Waals surface area contributed by atoms with Crippen molar-refractivity contribution >= 4 is 33.3 Å². The molecular formula is C27H37N3O5S. The van der Waals surface area contributed by atoms with Crippen LogP contribution in [-0.2, 0) is 24.3 Å². The zero-order valence-corrected chi connectivity index (χ0v) is 22.1. The van der Waals surface area contributed by atoms with Crippen molar-refractivity contribution in [2.24, 2.45) is 5.92 Å². The molecule has 0 aliphatic carbocycles. The number of hydrogen-bond acceptors (Lipinski definition) is 6. The number of anilines is 2. The van der Waals surface area contributed by atoms with E-state index in [4.69, 9.17) is 4.74 Å². The Morgan fingerprint density at radius 2 is 1.89 bits per heavy atom. The molecule has 0 spiro atoms. The van der Waals surface area contributed by atoms with Crippen LogP contribution in [0.2, 0.25) is 0 Å². The molecule has 3 rings (SSSR count). The average molecular weight is 516 g/mol. The van der Waals surface area contributed by atoms with E-state index in [9.17, 15) is 18.0 Å². The number of carbonyl (C=O) groups excluding carboxylic acids is 2. The van der Waals surface area contributed by atoms with Crippen LogP contribution < -0.4 is 14.9 Å². The van der Waals surface area contributed by atoms with Gasteiger partial charge >= 0.3 is 5.97 Å². The zero-order chi connectivity index (χ0) is 26.1. The number of ether oxygens (including phenoxy) is 1. The Morgan fingerprint density at radius 1 is 1.14 bits per heavy atom. The minimum Gasteiger partial charge on any atom is -0.466 e. The van der Waals surface area contributed by atoms with Crippen LogP contribution in [0.1, 0.15) is 64.5 Å². The van der Waals surface area contributed by atoms with E-state index in [0.717, 1.165) is 24.8 Å². The van der Waals surface area contributed by atoms with Crippen LogP contribution in [0, 0.1) is 5.92 Å². The van der Waals surface area contributed by atoms with Gasteiger partial charge in [-0.1, -0.05) is 43.7 Å².